The Morgan fingerprint density at radius 3 is 2.74 bits per heavy atom. The molecule has 1 atom stereocenters. The summed E-state index contributed by atoms with van der Waals surface area (Å²) in [7, 11) is 0. The van der Waals surface area contributed by atoms with Gasteiger partial charge in [-0.2, -0.15) is 0 Å². The zero-order chi connectivity index (χ0) is 13.8. The summed E-state index contributed by atoms with van der Waals surface area (Å²) in [6.07, 6.45) is -0.513. The molecule has 1 N–H and O–H groups in total. The molecule has 0 amide bonds. The van der Waals surface area contributed by atoms with Crippen molar-refractivity contribution in [3.63, 3.8) is 0 Å². The lowest BCUT2D eigenvalue weighted by Crippen LogP contribution is -2.22. The normalized spacial score (nSPS) is 12.4. The molecule has 0 saturated heterocycles. The number of aromatic nitrogens is 2. The topological polar surface area (TPSA) is 49.2 Å². The van der Waals surface area contributed by atoms with Crippen LogP contribution in [0.5, 0.6) is 0 Å². The minimum atomic E-state index is -0.513. The lowest BCUT2D eigenvalue weighted by Gasteiger charge is -2.19. The van der Waals surface area contributed by atoms with Gasteiger partial charge in [-0.25, -0.2) is 4.98 Å². The van der Waals surface area contributed by atoms with Gasteiger partial charge in [-0.3, -0.25) is 4.98 Å². The fraction of sp³-hybridized carbons (Fsp3) is 0.429. The molecule has 1 unspecified atom stereocenters. The highest BCUT2D eigenvalue weighted by atomic mass is 32.1. The van der Waals surface area contributed by atoms with Crippen LogP contribution in [-0.2, 0) is 6.54 Å². The van der Waals surface area contributed by atoms with Crippen molar-refractivity contribution in [2.24, 2.45) is 0 Å². The minimum absolute atomic E-state index is 0.513. The average Bonchev–Trinajstić information content (AvgIpc) is 2.85. The highest BCUT2D eigenvalue weighted by molar-refractivity contribution is 7.13. The van der Waals surface area contributed by atoms with Crippen molar-refractivity contribution in [3.8, 4) is 0 Å². The molecular weight excluding hydrogens is 258 g/mol. The highest BCUT2D eigenvalue weighted by Crippen LogP contribution is 2.24. The lowest BCUT2D eigenvalue weighted by atomic mass is 10.3. The number of anilines is 1. The van der Waals surface area contributed by atoms with Crippen molar-refractivity contribution in [2.75, 3.05) is 11.4 Å². The molecule has 2 aromatic rings. The van der Waals surface area contributed by atoms with Crippen molar-refractivity contribution < 1.29 is 5.11 Å². The molecule has 19 heavy (non-hydrogen) atoms. The van der Waals surface area contributed by atoms with E-state index in [1.807, 2.05) is 30.5 Å². The van der Waals surface area contributed by atoms with Crippen molar-refractivity contribution in [1.29, 1.82) is 0 Å². The standard InChI is InChI=1S/C14H19N3OS/c1-4-17(8-12-7-5-6-10(2)15-12)14-16-13(9-19-14)11(3)18/h5-7,9,11,18H,4,8H2,1-3H3. The molecule has 0 aliphatic heterocycles. The van der Waals surface area contributed by atoms with Crippen molar-refractivity contribution >= 4 is 16.5 Å². The van der Waals surface area contributed by atoms with Crippen molar-refractivity contribution in [3.05, 3.63) is 40.7 Å². The maximum atomic E-state index is 9.53. The maximum Gasteiger partial charge on any atom is 0.185 e. The Morgan fingerprint density at radius 1 is 1.37 bits per heavy atom. The van der Waals surface area contributed by atoms with Gasteiger partial charge in [0.15, 0.2) is 5.13 Å². The second-order valence-electron chi connectivity index (χ2n) is 4.52. The summed E-state index contributed by atoms with van der Waals surface area (Å²) in [4.78, 5) is 11.1. The van der Waals surface area contributed by atoms with Crippen molar-refractivity contribution in [2.45, 2.75) is 33.4 Å². The molecule has 0 radical (unpaired) electrons. The first-order valence-electron chi connectivity index (χ1n) is 6.41. The SMILES string of the molecule is CCN(Cc1cccc(C)n1)c1nc(C(C)O)cs1. The molecule has 0 fully saturated rings. The summed E-state index contributed by atoms with van der Waals surface area (Å²) < 4.78 is 0. The molecule has 0 saturated carbocycles. The zero-order valence-electron chi connectivity index (χ0n) is 11.5. The van der Waals surface area contributed by atoms with E-state index in [4.69, 9.17) is 0 Å². The van der Waals surface area contributed by atoms with Gasteiger partial charge in [0.1, 0.15) is 0 Å². The third-order valence-electron chi connectivity index (χ3n) is 2.89. The summed E-state index contributed by atoms with van der Waals surface area (Å²) in [6, 6.07) is 6.04. The Balaban J connectivity index is 2.15. The van der Waals surface area contributed by atoms with Gasteiger partial charge >= 0.3 is 0 Å². The molecule has 0 spiro atoms. The van der Waals surface area contributed by atoms with Gasteiger partial charge < -0.3 is 10.0 Å². The van der Waals surface area contributed by atoms with E-state index < -0.39 is 6.10 Å². The van der Waals surface area contributed by atoms with E-state index in [1.54, 1.807) is 18.3 Å². The quantitative estimate of drug-likeness (QED) is 0.913. The Labute approximate surface area is 117 Å². The number of aliphatic hydroxyl groups excluding tert-OH is 1. The van der Waals surface area contributed by atoms with E-state index in [9.17, 15) is 5.11 Å². The van der Waals surface area contributed by atoms with Crippen LogP contribution in [0.2, 0.25) is 0 Å². The van der Waals surface area contributed by atoms with Gasteiger partial charge in [0.05, 0.1) is 24.0 Å². The van der Waals surface area contributed by atoms with Crippen LogP contribution in [0, 0.1) is 6.92 Å². The number of pyridine rings is 1. The van der Waals surface area contributed by atoms with Crippen LogP contribution >= 0.6 is 11.3 Å². The largest absolute Gasteiger partial charge is 0.387 e. The summed E-state index contributed by atoms with van der Waals surface area (Å²) in [5.74, 6) is 0. The van der Waals surface area contributed by atoms with Gasteiger partial charge in [-0.1, -0.05) is 6.07 Å². The van der Waals surface area contributed by atoms with Gasteiger partial charge in [-0.05, 0) is 32.9 Å². The smallest absolute Gasteiger partial charge is 0.185 e. The predicted molar refractivity (Wildman–Crippen MR) is 78.4 cm³/mol. The molecular formula is C14H19N3OS. The van der Waals surface area contributed by atoms with Crippen LogP contribution in [0.15, 0.2) is 23.6 Å². The maximum absolute atomic E-state index is 9.53. The van der Waals surface area contributed by atoms with E-state index >= 15 is 0 Å². The first-order chi connectivity index (χ1) is 9.10. The molecule has 4 nitrogen and oxygen atoms in total. The van der Waals surface area contributed by atoms with Gasteiger partial charge in [0.2, 0.25) is 0 Å². The number of aliphatic hydroxyl groups is 1. The molecule has 0 bridgehead atoms. The number of thiazole rings is 1. The van der Waals surface area contributed by atoms with E-state index in [2.05, 4.69) is 21.8 Å². The van der Waals surface area contributed by atoms with Crippen LogP contribution in [0.3, 0.4) is 0 Å². The van der Waals surface area contributed by atoms with Crippen LogP contribution in [0.1, 0.15) is 37.0 Å². The summed E-state index contributed by atoms with van der Waals surface area (Å²) in [5.41, 5.74) is 2.80. The van der Waals surface area contributed by atoms with Crippen LogP contribution in [0.25, 0.3) is 0 Å². The Kier molecular flexibility index (Phi) is 4.50. The number of aryl methyl sites for hydroxylation is 1. The third-order valence-corrected chi connectivity index (χ3v) is 3.81. The zero-order valence-corrected chi connectivity index (χ0v) is 12.3. The summed E-state index contributed by atoms with van der Waals surface area (Å²) >= 11 is 1.56. The molecule has 0 aliphatic carbocycles. The number of rotatable bonds is 5. The summed E-state index contributed by atoms with van der Waals surface area (Å²) in [6.45, 7) is 7.43. The van der Waals surface area contributed by atoms with E-state index in [1.165, 1.54) is 0 Å². The molecule has 5 heteroatoms. The van der Waals surface area contributed by atoms with Crippen LogP contribution < -0.4 is 4.90 Å². The van der Waals surface area contributed by atoms with E-state index in [-0.39, 0.29) is 0 Å². The van der Waals surface area contributed by atoms with Gasteiger partial charge in [0, 0.05) is 17.6 Å². The Hall–Kier alpha value is -1.46. The average molecular weight is 277 g/mol. The number of nitrogens with zero attached hydrogens (tertiary/aromatic N) is 3. The third kappa shape index (κ3) is 3.52. The monoisotopic (exact) mass is 277 g/mol. The van der Waals surface area contributed by atoms with E-state index in [0.29, 0.717) is 0 Å². The fourth-order valence-electron chi connectivity index (χ4n) is 1.81. The van der Waals surface area contributed by atoms with Gasteiger partial charge in [0.25, 0.3) is 0 Å². The molecule has 2 rings (SSSR count). The predicted octanol–water partition coefficient (Wildman–Crippen LogP) is 2.93. The Morgan fingerprint density at radius 2 is 2.16 bits per heavy atom. The second kappa shape index (κ2) is 6.12. The molecule has 0 aliphatic rings. The van der Waals surface area contributed by atoms with Crippen LogP contribution in [-0.4, -0.2) is 21.6 Å². The number of hydrogen-bond acceptors (Lipinski definition) is 5. The molecule has 2 heterocycles. The van der Waals surface area contributed by atoms with E-state index in [0.717, 1.165) is 35.3 Å². The van der Waals surface area contributed by atoms with Gasteiger partial charge in [-0.15, -0.1) is 11.3 Å². The molecule has 2 aromatic heterocycles. The first kappa shape index (κ1) is 14.0. The summed E-state index contributed by atoms with van der Waals surface area (Å²) in [5, 5.41) is 12.4. The minimum Gasteiger partial charge on any atom is -0.387 e. The second-order valence-corrected chi connectivity index (χ2v) is 5.35. The Bertz CT molecular complexity index is 539. The number of hydrogen-bond donors (Lipinski definition) is 1. The molecule has 0 aromatic carbocycles. The van der Waals surface area contributed by atoms with Crippen LogP contribution in [0.4, 0.5) is 5.13 Å². The molecule has 102 valence electrons. The fourth-order valence-corrected chi connectivity index (χ4v) is 2.79. The highest BCUT2D eigenvalue weighted by Gasteiger charge is 2.13. The first-order valence-corrected chi connectivity index (χ1v) is 7.29. The van der Waals surface area contributed by atoms with Crippen molar-refractivity contribution in [1.82, 2.24) is 9.97 Å². The lowest BCUT2D eigenvalue weighted by molar-refractivity contribution is 0.195.